The second-order valence-electron chi connectivity index (χ2n) is 6.57. The van der Waals surface area contributed by atoms with Crippen LogP contribution in [0.5, 0.6) is 0 Å². The van der Waals surface area contributed by atoms with Crippen LogP contribution in [0, 0.1) is 0 Å². The Hall–Kier alpha value is -2.32. The third kappa shape index (κ3) is 4.40. The first-order valence-corrected chi connectivity index (χ1v) is 8.47. The zero-order valence-corrected chi connectivity index (χ0v) is 14.4. The molecule has 1 fully saturated rings. The zero-order chi connectivity index (χ0) is 17.8. The van der Waals surface area contributed by atoms with Gasteiger partial charge in [-0.15, -0.1) is 10.2 Å². The van der Waals surface area contributed by atoms with Crippen molar-refractivity contribution in [2.24, 2.45) is 0 Å². The molecule has 0 bridgehead atoms. The summed E-state index contributed by atoms with van der Waals surface area (Å²) in [5, 5.41) is 21.3. The average molecular weight is 345 g/mol. The standard InChI is InChI=1S/C17H23N5O3/c1-11(2)17-21-20-15(25-17)10-22-8-6-12(14(23)9-22)19-16(24)13-5-3-4-7-18-13/h3-5,7,11-12,14,23H,6,8-10H2,1-2H3,(H,19,24). The maximum absolute atomic E-state index is 12.2. The van der Waals surface area contributed by atoms with Gasteiger partial charge in [-0.1, -0.05) is 19.9 Å². The first-order chi connectivity index (χ1) is 12.0. The molecule has 1 amide bonds. The second kappa shape index (κ2) is 7.71. The van der Waals surface area contributed by atoms with Crippen LogP contribution in [0.3, 0.4) is 0 Å². The number of nitrogens with zero attached hydrogens (tertiary/aromatic N) is 4. The lowest BCUT2D eigenvalue weighted by atomic mass is 10.0. The molecular weight excluding hydrogens is 322 g/mol. The van der Waals surface area contributed by atoms with Crippen LogP contribution in [0.2, 0.25) is 0 Å². The summed E-state index contributed by atoms with van der Waals surface area (Å²) in [6.07, 6.45) is 1.56. The highest BCUT2D eigenvalue weighted by atomic mass is 16.4. The number of aliphatic hydroxyl groups is 1. The minimum Gasteiger partial charge on any atom is -0.424 e. The van der Waals surface area contributed by atoms with Gasteiger partial charge < -0.3 is 14.8 Å². The summed E-state index contributed by atoms with van der Waals surface area (Å²) in [6.45, 7) is 5.65. The van der Waals surface area contributed by atoms with E-state index in [1.54, 1.807) is 24.4 Å². The fraction of sp³-hybridized carbons (Fsp3) is 0.529. The monoisotopic (exact) mass is 345 g/mol. The van der Waals surface area contributed by atoms with E-state index < -0.39 is 6.10 Å². The van der Waals surface area contributed by atoms with Crippen LogP contribution >= 0.6 is 0 Å². The highest BCUT2D eigenvalue weighted by molar-refractivity contribution is 5.92. The number of rotatable bonds is 5. The average Bonchev–Trinajstić information content (AvgIpc) is 3.07. The fourth-order valence-corrected chi connectivity index (χ4v) is 2.80. The number of piperidine rings is 1. The molecule has 2 atom stereocenters. The molecule has 1 saturated heterocycles. The Balaban J connectivity index is 1.52. The maximum Gasteiger partial charge on any atom is 0.270 e. The van der Waals surface area contributed by atoms with Gasteiger partial charge in [0.2, 0.25) is 11.8 Å². The van der Waals surface area contributed by atoms with E-state index >= 15 is 0 Å². The minimum atomic E-state index is -0.658. The van der Waals surface area contributed by atoms with Gasteiger partial charge in [0.1, 0.15) is 5.69 Å². The molecule has 0 spiro atoms. The number of nitrogens with one attached hydrogen (secondary N) is 1. The number of hydrogen-bond donors (Lipinski definition) is 2. The van der Waals surface area contributed by atoms with E-state index in [0.717, 1.165) is 6.54 Å². The molecule has 0 radical (unpaired) electrons. The lowest BCUT2D eigenvalue weighted by Gasteiger charge is -2.35. The molecular formula is C17H23N5O3. The fourth-order valence-electron chi connectivity index (χ4n) is 2.80. The van der Waals surface area contributed by atoms with Gasteiger partial charge in [-0.2, -0.15) is 0 Å². The summed E-state index contributed by atoms with van der Waals surface area (Å²) in [5.41, 5.74) is 0.351. The third-order valence-electron chi connectivity index (χ3n) is 4.22. The van der Waals surface area contributed by atoms with E-state index in [4.69, 9.17) is 4.42 Å². The van der Waals surface area contributed by atoms with Crippen molar-refractivity contribution in [1.29, 1.82) is 0 Å². The topological polar surface area (TPSA) is 104 Å². The second-order valence-corrected chi connectivity index (χ2v) is 6.57. The number of pyridine rings is 1. The normalized spacial score (nSPS) is 21.4. The quantitative estimate of drug-likeness (QED) is 0.831. The number of carbonyl (C=O) groups is 1. The molecule has 8 nitrogen and oxygen atoms in total. The van der Waals surface area contributed by atoms with Gasteiger partial charge in [0.15, 0.2) is 0 Å². The van der Waals surface area contributed by atoms with E-state index in [-0.39, 0.29) is 17.9 Å². The Morgan fingerprint density at radius 2 is 2.28 bits per heavy atom. The predicted molar refractivity (Wildman–Crippen MR) is 89.8 cm³/mol. The highest BCUT2D eigenvalue weighted by Crippen LogP contribution is 2.17. The number of aliphatic hydroxyl groups excluding tert-OH is 1. The van der Waals surface area contributed by atoms with Crippen molar-refractivity contribution in [2.45, 2.75) is 44.9 Å². The van der Waals surface area contributed by atoms with Crippen LogP contribution in [0.1, 0.15) is 48.5 Å². The van der Waals surface area contributed by atoms with Gasteiger partial charge in [-0.05, 0) is 18.6 Å². The Bertz CT molecular complexity index is 703. The van der Waals surface area contributed by atoms with Gasteiger partial charge in [-0.3, -0.25) is 14.7 Å². The Labute approximate surface area is 146 Å². The molecule has 2 aromatic heterocycles. The van der Waals surface area contributed by atoms with Crippen LogP contribution < -0.4 is 5.32 Å². The number of hydrogen-bond acceptors (Lipinski definition) is 7. The van der Waals surface area contributed by atoms with Gasteiger partial charge in [0, 0.05) is 25.2 Å². The van der Waals surface area contributed by atoms with Gasteiger partial charge in [0.05, 0.1) is 18.7 Å². The molecule has 25 heavy (non-hydrogen) atoms. The summed E-state index contributed by atoms with van der Waals surface area (Å²) in [5.74, 6) is 1.09. The first-order valence-electron chi connectivity index (χ1n) is 8.47. The van der Waals surface area contributed by atoms with E-state index in [1.807, 2.05) is 18.7 Å². The summed E-state index contributed by atoms with van der Waals surface area (Å²) in [7, 11) is 0. The minimum absolute atomic E-state index is 0.194. The van der Waals surface area contributed by atoms with E-state index in [9.17, 15) is 9.90 Å². The summed E-state index contributed by atoms with van der Waals surface area (Å²) >= 11 is 0. The molecule has 3 rings (SSSR count). The van der Waals surface area contributed by atoms with Crippen LogP contribution in [-0.2, 0) is 6.54 Å². The van der Waals surface area contributed by atoms with Crippen LogP contribution in [0.15, 0.2) is 28.8 Å². The molecule has 0 saturated carbocycles. The predicted octanol–water partition coefficient (Wildman–Crippen LogP) is 0.953. The molecule has 2 unspecified atom stereocenters. The molecule has 8 heteroatoms. The van der Waals surface area contributed by atoms with Crippen molar-refractivity contribution in [3.8, 4) is 0 Å². The zero-order valence-electron chi connectivity index (χ0n) is 14.4. The van der Waals surface area contributed by atoms with Gasteiger partial charge in [-0.25, -0.2) is 0 Å². The largest absolute Gasteiger partial charge is 0.424 e. The van der Waals surface area contributed by atoms with Gasteiger partial charge in [0.25, 0.3) is 5.91 Å². The number of β-amino-alcohol motifs (C(OH)–C–C–N with tert-alkyl or cyclic N) is 1. The molecule has 0 aliphatic carbocycles. The van der Waals surface area contributed by atoms with Crippen molar-refractivity contribution in [2.75, 3.05) is 13.1 Å². The highest BCUT2D eigenvalue weighted by Gasteiger charge is 2.30. The SMILES string of the molecule is CC(C)c1nnc(CN2CCC(NC(=O)c3ccccn3)C(O)C2)o1. The molecule has 1 aliphatic heterocycles. The van der Waals surface area contributed by atoms with Crippen molar-refractivity contribution in [3.05, 3.63) is 41.9 Å². The van der Waals surface area contributed by atoms with Crippen LogP contribution in [0.4, 0.5) is 0 Å². The van der Waals surface area contributed by atoms with Crippen LogP contribution in [-0.4, -0.2) is 56.3 Å². The molecule has 1 aliphatic rings. The number of aromatic nitrogens is 3. The van der Waals surface area contributed by atoms with E-state index in [1.165, 1.54) is 0 Å². The van der Waals surface area contributed by atoms with Crippen molar-refractivity contribution < 1.29 is 14.3 Å². The lowest BCUT2D eigenvalue weighted by molar-refractivity contribution is 0.0317. The number of likely N-dealkylation sites (tertiary alicyclic amines) is 1. The van der Waals surface area contributed by atoms with Crippen molar-refractivity contribution in [1.82, 2.24) is 25.4 Å². The number of carbonyl (C=O) groups excluding carboxylic acids is 1. The summed E-state index contributed by atoms with van der Waals surface area (Å²) < 4.78 is 5.61. The van der Waals surface area contributed by atoms with Gasteiger partial charge >= 0.3 is 0 Å². The first kappa shape index (κ1) is 17.5. The van der Waals surface area contributed by atoms with E-state index in [2.05, 4.69) is 20.5 Å². The molecule has 2 aromatic rings. The van der Waals surface area contributed by atoms with E-state index in [0.29, 0.717) is 37.0 Å². The molecule has 134 valence electrons. The smallest absolute Gasteiger partial charge is 0.270 e. The maximum atomic E-state index is 12.2. The van der Waals surface area contributed by atoms with Crippen molar-refractivity contribution >= 4 is 5.91 Å². The van der Waals surface area contributed by atoms with Crippen LogP contribution in [0.25, 0.3) is 0 Å². The Morgan fingerprint density at radius 3 is 2.92 bits per heavy atom. The lowest BCUT2D eigenvalue weighted by Crippen LogP contribution is -2.53. The Morgan fingerprint density at radius 1 is 1.44 bits per heavy atom. The summed E-state index contributed by atoms with van der Waals surface area (Å²) in [6, 6.07) is 4.88. The summed E-state index contributed by atoms with van der Waals surface area (Å²) in [4.78, 5) is 18.2. The van der Waals surface area contributed by atoms with Crippen molar-refractivity contribution in [3.63, 3.8) is 0 Å². The number of amides is 1. The molecule has 0 aromatic carbocycles. The Kier molecular flexibility index (Phi) is 5.40. The third-order valence-corrected chi connectivity index (χ3v) is 4.22. The molecule has 3 heterocycles. The molecule has 2 N–H and O–H groups in total.